The summed E-state index contributed by atoms with van der Waals surface area (Å²) in [6.45, 7) is -5.03. The van der Waals surface area contributed by atoms with Crippen molar-refractivity contribution in [3.63, 3.8) is 0 Å². The lowest BCUT2D eigenvalue weighted by atomic mass is 10.1. The second-order valence-corrected chi connectivity index (χ2v) is 4.45. The molecule has 1 aliphatic rings. The van der Waals surface area contributed by atoms with Gasteiger partial charge in [-0.3, -0.25) is 13.9 Å². The van der Waals surface area contributed by atoms with Crippen LogP contribution in [-0.2, 0) is 14.2 Å². The van der Waals surface area contributed by atoms with Crippen LogP contribution >= 0.6 is 0 Å². The van der Waals surface area contributed by atoms with Crippen molar-refractivity contribution in [3.05, 3.63) is 0 Å². The van der Waals surface area contributed by atoms with E-state index >= 15 is 0 Å². The van der Waals surface area contributed by atoms with Crippen LogP contribution in [-0.4, -0.2) is 63.1 Å². The Kier molecular flexibility index (Phi) is 9.73. The maximum Gasteiger partial charge on any atom is 0.458 e. The van der Waals surface area contributed by atoms with Crippen LogP contribution in [0.1, 0.15) is 0 Å². The molecule has 0 radical (unpaired) electrons. The van der Waals surface area contributed by atoms with Gasteiger partial charge in [0.15, 0.2) is 0 Å². The first-order valence-electron chi connectivity index (χ1n) is 6.22. The van der Waals surface area contributed by atoms with Gasteiger partial charge in [0.1, 0.15) is 6.61 Å². The van der Waals surface area contributed by atoms with E-state index in [4.69, 9.17) is 0 Å². The molecule has 3 atom stereocenters. The third-order valence-electron chi connectivity index (χ3n) is 2.45. The van der Waals surface area contributed by atoms with E-state index in [9.17, 15) is 74.6 Å². The average Bonchev–Trinajstić information content (AvgIpc) is 2.51. The molecule has 0 spiro atoms. The predicted octanol–water partition coefficient (Wildman–Crippen LogP) is 5.75. The van der Waals surface area contributed by atoms with Gasteiger partial charge in [-0.1, -0.05) is 0 Å². The highest BCUT2D eigenvalue weighted by atomic mass is 19.4. The summed E-state index contributed by atoms with van der Waals surface area (Å²) < 4.78 is 212. The van der Waals surface area contributed by atoms with Crippen LogP contribution in [0, 0.1) is 0 Å². The summed E-state index contributed by atoms with van der Waals surface area (Å²) in [5.74, 6) is -13.6. The third kappa shape index (κ3) is 6.11. The Morgan fingerprint density at radius 3 is 1.27 bits per heavy atom. The molecule has 1 fully saturated rings. The Balaban J connectivity index is 0. The third-order valence-corrected chi connectivity index (χ3v) is 2.45. The van der Waals surface area contributed by atoms with Crippen molar-refractivity contribution in [2.75, 3.05) is 20.7 Å². The molecule has 30 heavy (non-hydrogen) atoms. The van der Waals surface area contributed by atoms with Crippen molar-refractivity contribution >= 4 is 0 Å². The first kappa shape index (κ1) is 30.9. The lowest BCUT2D eigenvalue weighted by Crippen LogP contribution is -2.77. The molecular formula is C10H7F17O3. The molecule has 1 aliphatic heterocycles. The zero-order valence-corrected chi connectivity index (χ0v) is 13.6. The van der Waals surface area contributed by atoms with Gasteiger partial charge in [0.2, 0.25) is 6.93 Å². The molecule has 0 aromatic carbocycles. The zero-order chi connectivity index (χ0) is 25.0. The summed E-state index contributed by atoms with van der Waals surface area (Å²) in [6, 6.07) is -6.44. The summed E-state index contributed by atoms with van der Waals surface area (Å²) in [5, 5.41) is 0. The second-order valence-electron chi connectivity index (χ2n) is 4.45. The molecule has 0 bridgehead atoms. The van der Waals surface area contributed by atoms with Crippen molar-refractivity contribution in [3.8, 4) is 0 Å². The minimum Gasteiger partial charge on any atom is -0.309 e. The van der Waals surface area contributed by atoms with Gasteiger partial charge in [0, 0.05) is 0 Å². The highest BCUT2D eigenvalue weighted by Gasteiger charge is 2.90. The predicted molar refractivity (Wildman–Crippen MR) is 56.9 cm³/mol. The summed E-state index contributed by atoms with van der Waals surface area (Å²) in [4.78, 5) is 0. The molecule has 1 heterocycles. The fourth-order valence-electron chi connectivity index (χ4n) is 1.36. The van der Waals surface area contributed by atoms with Crippen LogP contribution in [0.4, 0.5) is 74.6 Å². The van der Waals surface area contributed by atoms with Gasteiger partial charge in [-0.25, -0.2) is 8.78 Å². The Morgan fingerprint density at radius 1 is 0.667 bits per heavy atom. The molecule has 3 unspecified atom stereocenters. The first-order chi connectivity index (χ1) is 13.0. The largest absolute Gasteiger partial charge is 0.458 e. The SMILES string of the molecule is CF.FC(F)(F)COC1(F)OC(F)(C(F)(F)F)C(F)(F)OC1(F)C(F)(F)F.FCF. The summed E-state index contributed by atoms with van der Waals surface area (Å²) >= 11 is 0. The Hall–Kier alpha value is -1.31. The molecule has 0 aromatic rings. The standard InChI is InChI=1S/C8H2F14O3.CH2F2.CH3F/c9-2(10,11)1-23-8(22)4(13,6(17,18)19)24-7(20,21)3(12,25-8)5(14,15)16;2-1-3;1-2/h1H2;1H2;1H3. The van der Waals surface area contributed by atoms with Gasteiger partial charge in [-0.2, -0.15) is 61.5 Å². The number of ether oxygens (including phenoxy) is 3. The van der Waals surface area contributed by atoms with E-state index < -0.39 is 55.9 Å². The minimum atomic E-state index is -7.08. The monoisotopic (exact) mass is 498 g/mol. The van der Waals surface area contributed by atoms with E-state index in [0.29, 0.717) is 7.18 Å². The molecule has 1 rings (SSSR count). The maximum atomic E-state index is 13.8. The lowest BCUT2D eigenvalue weighted by Gasteiger charge is -2.49. The van der Waals surface area contributed by atoms with Crippen molar-refractivity contribution < 1.29 is 88.8 Å². The fourth-order valence-corrected chi connectivity index (χ4v) is 1.36. The molecule has 0 N–H and O–H groups in total. The molecule has 1 saturated heterocycles. The van der Waals surface area contributed by atoms with Gasteiger partial charge < -0.3 is 4.74 Å². The van der Waals surface area contributed by atoms with E-state index in [1.807, 2.05) is 4.74 Å². The molecule has 0 aliphatic carbocycles. The second kappa shape index (κ2) is 9.45. The van der Waals surface area contributed by atoms with Crippen LogP contribution in [0.2, 0.25) is 0 Å². The van der Waals surface area contributed by atoms with Crippen molar-refractivity contribution in [1.82, 2.24) is 0 Å². The highest BCUT2D eigenvalue weighted by molar-refractivity contribution is 5.00. The summed E-state index contributed by atoms with van der Waals surface area (Å²) in [5.41, 5.74) is 0. The first-order valence-corrected chi connectivity index (χ1v) is 6.22. The van der Waals surface area contributed by atoms with Crippen molar-refractivity contribution in [1.29, 1.82) is 0 Å². The lowest BCUT2D eigenvalue weighted by molar-refractivity contribution is -0.635. The van der Waals surface area contributed by atoms with Crippen LogP contribution in [0.5, 0.6) is 0 Å². The molecular weight excluding hydrogens is 491 g/mol. The average molecular weight is 498 g/mol. The van der Waals surface area contributed by atoms with Gasteiger partial charge in [0.05, 0.1) is 7.18 Å². The molecule has 0 amide bonds. The number of rotatable bonds is 2. The topological polar surface area (TPSA) is 27.7 Å². The Morgan fingerprint density at radius 2 is 1.00 bits per heavy atom. The highest BCUT2D eigenvalue weighted by Crippen LogP contribution is 2.61. The quantitative estimate of drug-likeness (QED) is 0.454. The van der Waals surface area contributed by atoms with E-state index in [2.05, 4.69) is 9.47 Å². The normalized spacial score (nSPS) is 31.8. The van der Waals surface area contributed by atoms with Crippen LogP contribution in [0.25, 0.3) is 0 Å². The number of alkyl halides is 17. The fraction of sp³-hybridized carbons (Fsp3) is 1.00. The Labute approximate surface area is 153 Å². The Bertz CT molecular complexity index is 529. The minimum absolute atomic E-state index is 0.500. The van der Waals surface area contributed by atoms with Crippen LogP contribution in [0.15, 0.2) is 0 Å². The van der Waals surface area contributed by atoms with Crippen molar-refractivity contribution in [2.24, 2.45) is 0 Å². The van der Waals surface area contributed by atoms with E-state index in [-0.39, 0.29) is 0 Å². The van der Waals surface area contributed by atoms with Crippen LogP contribution in [0.3, 0.4) is 0 Å². The number of halogens is 17. The summed E-state index contributed by atoms with van der Waals surface area (Å²) in [6.07, 6.45) is -26.8. The summed E-state index contributed by atoms with van der Waals surface area (Å²) in [7, 11) is 0.500. The van der Waals surface area contributed by atoms with Gasteiger partial charge in [-0.05, 0) is 0 Å². The number of hydrogen-bond donors (Lipinski definition) is 0. The van der Waals surface area contributed by atoms with E-state index in [1.54, 1.807) is 0 Å². The molecule has 3 nitrogen and oxygen atoms in total. The molecule has 184 valence electrons. The van der Waals surface area contributed by atoms with Crippen molar-refractivity contribution in [2.45, 2.75) is 42.4 Å². The number of hydrogen-bond acceptors (Lipinski definition) is 3. The van der Waals surface area contributed by atoms with E-state index in [1.165, 1.54) is 0 Å². The van der Waals surface area contributed by atoms with Gasteiger partial charge in [-0.15, -0.1) is 0 Å². The molecule has 0 saturated carbocycles. The zero-order valence-electron chi connectivity index (χ0n) is 13.6. The van der Waals surface area contributed by atoms with Gasteiger partial charge >= 0.3 is 42.4 Å². The van der Waals surface area contributed by atoms with Crippen LogP contribution < -0.4 is 0 Å². The maximum absolute atomic E-state index is 13.8. The molecule has 20 heteroatoms. The van der Waals surface area contributed by atoms with Gasteiger partial charge in [0.25, 0.3) is 0 Å². The van der Waals surface area contributed by atoms with E-state index in [0.717, 1.165) is 0 Å². The smallest absolute Gasteiger partial charge is 0.309 e. The molecule has 0 aromatic heterocycles.